The molecular weight excluding hydrogens is 220 g/mol. The summed E-state index contributed by atoms with van der Waals surface area (Å²) >= 11 is 0. The number of nitriles is 1. The average molecular weight is 234 g/mol. The Morgan fingerprint density at radius 3 is 2.94 bits per heavy atom. The van der Waals surface area contributed by atoms with Crippen LogP contribution in [-0.2, 0) is 11.3 Å². The van der Waals surface area contributed by atoms with Gasteiger partial charge in [-0.05, 0) is 17.7 Å². The van der Waals surface area contributed by atoms with Crippen molar-refractivity contribution < 1.29 is 14.6 Å². The molecular formula is C12H14N2O3. The van der Waals surface area contributed by atoms with Crippen LogP contribution in [0.1, 0.15) is 11.1 Å². The number of benzene rings is 1. The first-order valence-electron chi connectivity index (χ1n) is 5.13. The fourth-order valence-electron chi connectivity index (χ4n) is 1.40. The molecule has 1 aromatic carbocycles. The molecule has 1 aromatic rings. The van der Waals surface area contributed by atoms with E-state index in [1.807, 2.05) is 6.07 Å². The van der Waals surface area contributed by atoms with Crippen molar-refractivity contribution in [1.82, 2.24) is 4.90 Å². The molecule has 0 spiro atoms. The van der Waals surface area contributed by atoms with Crippen LogP contribution in [-0.4, -0.2) is 36.4 Å². The molecule has 0 fully saturated rings. The van der Waals surface area contributed by atoms with Gasteiger partial charge in [-0.2, -0.15) is 5.26 Å². The van der Waals surface area contributed by atoms with Gasteiger partial charge in [0.2, 0.25) is 0 Å². The number of nitrogens with zero attached hydrogens (tertiary/aromatic N) is 2. The molecule has 1 N–H and O–H groups in total. The first kappa shape index (κ1) is 13.0. The van der Waals surface area contributed by atoms with Crippen molar-refractivity contribution in [3.63, 3.8) is 0 Å². The van der Waals surface area contributed by atoms with Gasteiger partial charge < -0.3 is 14.7 Å². The molecule has 0 saturated heterocycles. The summed E-state index contributed by atoms with van der Waals surface area (Å²) in [5.41, 5.74) is 1.32. The maximum atomic E-state index is 11.0. The summed E-state index contributed by atoms with van der Waals surface area (Å²) < 4.78 is 4.85. The first-order valence-corrected chi connectivity index (χ1v) is 5.13. The van der Waals surface area contributed by atoms with E-state index in [0.717, 1.165) is 5.56 Å². The molecule has 0 saturated carbocycles. The molecule has 0 aliphatic carbocycles. The minimum absolute atomic E-state index is 0.258. The fourth-order valence-corrected chi connectivity index (χ4v) is 1.40. The number of amides is 1. The van der Waals surface area contributed by atoms with Crippen molar-refractivity contribution in [3.8, 4) is 6.07 Å². The smallest absolute Gasteiger partial charge is 0.407 e. The molecule has 0 radical (unpaired) electrons. The second-order valence-electron chi connectivity index (χ2n) is 3.51. The SMILES string of the molecule is COCCN(Cc1cccc(C#N)c1)C(=O)O. The Hall–Kier alpha value is -2.06. The van der Waals surface area contributed by atoms with Gasteiger partial charge in [-0.1, -0.05) is 12.1 Å². The van der Waals surface area contributed by atoms with Gasteiger partial charge in [-0.3, -0.25) is 0 Å². The maximum absolute atomic E-state index is 11.0. The summed E-state index contributed by atoms with van der Waals surface area (Å²) in [5, 5.41) is 17.7. The van der Waals surface area contributed by atoms with Gasteiger partial charge >= 0.3 is 6.09 Å². The zero-order valence-electron chi connectivity index (χ0n) is 9.59. The van der Waals surface area contributed by atoms with Crippen LogP contribution in [0.3, 0.4) is 0 Å². The Morgan fingerprint density at radius 2 is 2.35 bits per heavy atom. The summed E-state index contributed by atoms with van der Waals surface area (Å²) in [6.45, 7) is 0.918. The summed E-state index contributed by atoms with van der Waals surface area (Å²) in [6.07, 6.45) is -0.996. The van der Waals surface area contributed by atoms with E-state index in [4.69, 9.17) is 15.1 Å². The summed E-state index contributed by atoms with van der Waals surface area (Å²) in [4.78, 5) is 12.2. The van der Waals surface area contributed by atoms with E-state index >= 15 is 0 Å². The van der Waals surface area contributed by atoms with Crippen molar-refractivity contribution in [3.05, 3.63) is 35.4 Å². The van der Waals surface area contributed by atoms with Crippen LogP contribution in [0.2, 0.25) is 0 Å². The minimum atomic E-state index is -0.996. The molecule has 1 rings (SSSR count). The molecule has 0 bridgehead atoms. The Kier molecular flexibility index (Phi) is 4.98. The highest BCUT2D eigenvalue weighted by Gasteiger charge is 2.11. The van der Waals surface area contributed by atoms with Crippen molar-refractivity contribution in [2.75, 3.05) is 20.3 Å². The van der Waals surface area contributed by atoms with Crippen LogP contribution in [0.25, 0.3) is 0 Å². The van der Waals surface area contributed by atoms with Gasteiger partial charge in [0.15, 0.2) is 0 Å². The number of ether oxygens (including phenoxy) is 1. The van der Waals surface area contributed by atoms with E-state index in [-0.39, 0.29) is 6.54 Å². The largest absolute Gasteiger partial charge is 0.465 e. The average Bonchev–Trinajstić information content (AvgIpc) is 2.34. The van der Waals surface area contributed by atoms with E-state index < -0.39 is 6.09 Å². The highest BCUT2D eigenvalue weighted by molar-refractivity contribution is 5.65. The molecule has 17 heavy (non-hydrogen) atoms. The van der Waals surface area contributed by atoms with Crippen LogP contribution >= 0.6 is 0 Å². The first-order chi connectivity index (χ1) is 8.17. The molecule has 1 amide bonds. The normalized spacial score (nSPS) is 9.65. The van der Waals surface area contributed by atoms with Crippen molar-refractivity contribution in [1.29, 1.82) is 5.26 Å². The van der Waals surface area contributed by atoms with Gasteiger partial charge in [-0.25, -0.2) is 4.79 Å². The van der Waals surface area contributed by atoms with E-state index in [9.17, 15) is 4.79 Å². The lowest BCUT2D eigenvalue weighted by Crippen LogP contribution is -2.32. The second kappa shape index (κ2) is 6.51. The Labute approximate surface area is 99.8 Å². The van der Waals surface area contributed by atoms with Gasteiger partial charge in [-0.15, -0.1) is 0 Å². The van der Waals surface area contributed by atoms with Gasteiger partial charge in [0, 0.05) is 20.2 Å². The van der Waals surface area contributed by atoms with Crippen LogP contribution < -0.4 is 0 Å². The van der Waals surface area contributed by atoms with E-state index in [0.29, 0.717) is 18.7 Å². The second-order valence-corrected chi connectivity index (χ2v) is 3.51. The Bertz CT molecular complexity index is 426. The number of hydrogen-bond acceptors (Lipinski definition) is 3. The highest BCUT2D eigenvalue weighted by Crippen LogP contribution is 2.08. The predicted octanol–water partition coefficient (Wildman–Crippen LogP) is 1.68. The van der Waals surface area contributed by atoms with E-state index in [1.165, 1.54) is 12.0 Å². The van der Waals surface area contributed by atoms with Crippen LogP contribution in [0.4, 0.5) is 4.79 Å². The lowest BCUT2D eigenvalue weighted by Gasteiger charge is -2.18. The summed E-state index contributed by atoms with van der Waals surface area (Å²) in [7, 11) is 1.52. The highest BCUT2D eigenvalue weighted by atomic mass is 16.5. The lowest BCUT2D eigenvalue weighted by molar-refractivity contribution is 0.115. The third kappa shape index (κ3) is 4.13. The number of carbonyl (C=O) groups is 1. The monoisotopic (exact) mass is 234 g/mol. The van der Waals surface area contributed by atoms with Gasteiger partial charge in [0.25, 0.3) is 0 Å². The topological polar surface area (TPSA) is 73.6 Å². The van der Waals surface area contributed by atoms with E-state index in [1.54, 1.807) is 24.3 Å². The molecule has 0 atom stereocenters. The summed E-state index contributed by atoms with van der Waals surface area (Å²) in [5.74, 6) is 0. The van der Waals surface area contributed by atoms with Crippen LogP contribution in [0.5, 0.6) is 0 Å². The Balaban J connectivity index is 2.72. The number of hydrogen-bond donors (Lipinski definition) is 1. The van der Waals surface area contributed by atoms with E-state index in [2.05, 4.69) is 0 Å². The third-order valence-corrected chi connectivity index (χ3v) is 2.27. The Morgan fingerprint density at radius 1 is 1.59 bits per heavy atom. The quantitative estimate of drug-likeness (QED) is 0.841. The standard InChI is InChI=1S/C12H14N2O3/c1-17-6-5-14(12(15)16)9-11-4-2-3-10(7-11)8-13/h2-4,7H,5-6,9H2,1H3,(H,15,16). The molecule has 0 aliphatic rings. The molecule has 0 heterocycles. The lowest BCUT2D eigenvalue weighted by atomic mass is 10.1. The van der Waals surface area contributed by atoms with Crippen molar-refractivity contribution in [2.24, 2.45) is 0 Å². The number of carboxylic acid groups (broad SMARTS) is 1. The predicted molar refractivity (Wildman–Crippen MR) is 61.5 cm³/mol. The fraction of sp³-hybridized carbons (Fsp3) is 0.333. The zero-order chi connectivity index (χ0) is 12.7. The number of rotatable bonds is 5. The molecule has 5 heteroatoms. The van der Waals surface area contributed by atoms with Crippen LogP contribution in [0, 0.1) is 11.3 Å². The van der Waals surface area contributed by atoms with Gasteiger partial charge in [0.05, 0.1) is 18.2 Å². The molecule has 0 aromatic heterocycles. The van der Waals surface area contributed by atoms with Gasteiger partial charge in [0.1, 0.15) is 0 Å². The van der Waals surface area contributed by atoms with Crippen molar-refractivity contribution >= 4 is 6.09 Å². The minimum Gasteiger partial charge on any atom is -0.465 e. The van der Waals surface area contributed by atoms with Crippen LogP contribution in [0.15, 0.2) is 24.3 Å². The molecule has 90 valence electrons. The molecule has 5 nitrogen and oxygen atoms in total. The molecule has 0 unspecified atom stereocenters. The van der Waals surface area contributed by atoms with Crippen molar-refractivity contribution in [2.45, 2.75) is 6.54 Å². The maximum Gasteiger partial charge on any atom is 0.407 e. The zero-order valence-corrected chi connectivity index (χ0v) is 9.59. The third-order valence-electron chi connectivity index (χ3n) is 2.27. The summed E-state index contributed by atoms with van der Waals surface area (Å²) in [6, 6.07) is 8.93. The molecule has 0 aliphatic heterocycles. The number of methoxy groups -OCH3 is 1.